The Morgan fingerprint density at radius 1 is 0.955 bits per heavy atom. The summed E-state index contributed by atoms with van der Waals surface area (Å²) in [6.45, 7) is 3.55. The number of aryl methyl sites for hydroxylation is 1. The maximum atomic E-state index is 11.6. The summed E-state index contributed by atoms with van der Waals surface area (Å²) >= 11 is 0. The lowest BCUT2D eigenvalue weighted by Gasteiger charge is -2.10. The summed E-state index contributed by atoms with van der Waals surface area (Å²) in [6.07, 6.45) is 0.827. The van der Waals surface area contributed by atoms with Crippen molar-refractivity contribution in [3.63, 3.8) is 0 Å². The van der Waals surface area contributed by atoms with Crippen LogP contribution >= 0.6 is 0 Å². The number of nitrogens with one attached hydrogen (secondary N) is 2. The van der Waals surface area contributed by atoms with Gasteiger partial charge in [0.25, 0.3) is 0 Å². The molecule has 4 heteroatoms. The zero-order valence-electron chi connectivity index (χ0n) is 12.8. The molecular weight excluding hydrogens is 276 g/mol. The fourth-order valence-corrected chi connectivity index (χ4v) is 2.07. The zero-order valence-corrected chi connectivity index (χ0v) is 12.8. The zero-order chi connectivity index (χ0) is 15.6. The molecule has 0 aliphatic rings. The minimum atomic E-state index is -0.163. The van der Waals surface area contributed by atoms with Gasteiger partial charge in [-0.05, 0) is 30.5 Å². The van der Waals surface area contributed by atoms with E-state index in [4.69, 9.17) is 4.74 Å². The molecule has 116 valence electrons. The average Bonchev–Trinajstić information content (AvgIpc) is 2.54. The Balaban J connectivity index is 1.57. The lowest BCUT2D eigenvalue weighted by Crippen LogP contribution is -2.38. The van der Waals surface area contributed by atoms with Gasteiger partial charge >= 0.3 is 6.03 Å². The number of rotatable bonds is 7. The van der Waals surface area contributed by atoms with Crippen LogP contribution in [0.4, 0.5) is 4.79 Å². The summed E-state index contributed by atoms with van der Waals surface area (Å²) in [5.74, 6) is 0.855. The lowest BCUT2D eigenvalue weighted by molar-refractivity contribution is 0.236. The predicted molar refractivity (Wildman–Crippen MR) is 88.2 cm³/mol. The molecule has 0 unspecified atom stereocenters. The Hall–Kier alpha value is -2.49. The molecule has 0 saturated carbocycles. The van der Waals surface area contributed by atoms with E-state index in [1.807, 2.05) is 49.4 Å². The Kier molecular flexibility index (Phi) is 6.30. The van der Waals surface area contributed by atoms with Crippen LogP contribution in [0.15, 0.2) is 54.6 Å². The van der Waals surface area contributed by atoms with E-state index < -0.39 is 0 Å². The third kappa shape index (κ3) is 5.48. The van der Waals surface area contributed by atoms with Crippen molar-refractivity contribution in [3.05, 3.63) is 65.7 Å². The van der Waals surface area contributed by atoms with Crippen molar-refractivity contribution in [2.75, 3.05) is 19.7 Å². The minimum Gasteiger partial charge on any atom is -0.491 e. The van der Waals surface area contributed by atoms with Crippen molar-refractivity contribution in [1.29, 1.82) is 0 Å². The summed E-state index contributed by atoms with van der Waals surface area (Å²) in [5.41, 5.74) is 2.31. The molecule has 0 aromatic heterocycles. The van der Waals surface area contributed by atoms with Crippen LogP contribution in [-0.2, 0) is 6.42 Å². The highest BCUT2D eigenvalue weighted by atomic mass is 16.5. The number of urea groups is 1. The number of hydrogen-bond acceptors (Lipinski definition) is 2. The molecule has 0 spiro atoms. The van der Waals surface area contributed by atoms with E-state index in [1.165, 1.54) is 5.56 Å². The summed E-state index contributed by atoms with van der Waals surface area (Å²) in [6, 6.07) is 17.8. The van der Waals surface area contributed by atoms with Gasteiger partial charge < -0.3 is 15.4 Å². The van der Waals surface area contributed by atoms with Gasteiger partial charge in [0.05, 0.1) is 6.54 Å². The molecule has 0 aliphatic heterocycles. The van der Waals surface area contributed by atoms with Crippen LogP contribution in [0.5, 0.6) is 5.75 Å². The molecule has 0 heterocycles. The number of carbonyl (C=O) groups excluding carboxylic acids is 1. The van der Waals surface area contributed by atoms with Crippen LogP contribution in [0.1, 0.15) is 11.1 Å². The van der Waals surface area contributed by atoms with Gasteiger partial charge in [-0.15, -0.1) is 0 Å². The van der Waals surface area contributed by atoms with E-state index in [0.717, 1.165) is 17.7 Å². The van der Waals surface area contributed by atoms with E-state index in [9.17, 15) is 4.79 Å². The minimum absolute atomic E-state index is 0.163. The van der Waals surface area contributed by atoms with Crippen LogP contribution < -0.4 is 15.4 Å². The SMILES string of the molecule is Cc1ccccc1OCCNC(=O)NCCc1ccccc1. The summed E-state index contributed by atoms with van der Waals surface area (Å²) in [7, 11) is 0. The van der Waals surface area contributed by atoms with Crippen LogP contribution in [0.25, 0.3) is 0 Å². The molecule has 0 fully saturated rings. The number of hydrogen-bond donors (Lipinski definition) is 2. The quantitative estimate of drug-likeness (QED) is 0.772. The van der Waals surface area contributed by atoms with Gasteiger partial charge in [0.1, 0.15) is 12.4 Å². The van der Waals surface area contributed by atoms with E-state index in [0.29, 0.717) is 19.7 Å². The molecular formula is C18H22N2O2. The van der Waals surface area contributed by atoms with Gasteiger partial charge in [-0.1, -0.05) is 48.5 Å². The summed E-state index contributed by atoms with van der Waals surface area (Å²) < 4.78 is 5.62. The predicted octanol–water partition coefficient (Wildman–Crippen LogP) is 2.92. The lowest BCUT2D eigenvalue weighted by atomic mass is 10.1. The Bertz CT molecular complexity index is 585. The van der Waals surface area contributed by atoms with Gasteiger partial charge in [-0.2, -0.15) is 0 Å². The maximum Gasteiger partial charge on any atom is 0.314 e. The molecule has 4 nitrogen and oxygen atoms in total. The molecule has 2 N–H and O–H groups in total. The average molecular weight is 298 g/mol. The standard InChI is InChI=1S/C18H22N2O2/c1-15-7-5-6-10-17(15)22-14-13-20-18(21)19-12-11-16-8-3-2-4-9-16/h2-10H,11-14H2,1H3,(H2,19,20,21). The van der Waals surface area contributed by atoms with Gasteiger partial charge in [-0.25, -0.2) is 4.79 Å². The number of para-hydroxylation sites is 1. The highest BCUT2D eigenvalue weighted by Gasteiger charge is 2.01. The van der Waals surface area contributed by atoms with E-state index >= 15 is 0 Å². The fourth-order valence-electron chi connectivity index (χ4n) is 2.07. The molecule has 0 aliphatic carbocycles. The van der Waals surface area contributed by atoms with Gasteiger partial charge in [0, 0.05) is 6.54 Å². The second-order valence-corrected chi connectivity index (χ2v) is 5.03. The highest BCUT2D eigenvalue weighted by molar-refractivity contribution is 5.73. The molecule has 0 bridgehead atoms. The van der Waals surface area contributed by atoms with Crippen LogP contribution in [-0.4, -0.2) is 25.7 Å². The molecule has 0 saturated heterocycles. The van der Waals surface area contributed by atoms with Gasteiger partial charge in [-0.3, -0.25) is 0 Å². The van der Waals surface area contributed by atoms with E-state index in [1.54, 1.807) is 0 Å². The monoisotopic (exact) mass is 298 g/mol. The Morgan fingerprint density at radius 3 is 2.41 bits per heavy atom. The summed E-state index contributed by atoms with van der Waals surface area (Å²) in [4.78, 5) is 11.6. The topological polar surface area (TPSA) is 50.4 Å². The first kappa shape index (κ1) is 15.9. The van der Waals surface area contributed by atoms with Crippen LogP contribution in [0.3, 0.4) is 0 Å². The molecule has 0 atom stereocenters. The first-order valence-electron chi connectivity index (χ1n) is 7.50. The second-order valence-electron chi connectivity index (χ2n) is 5.03. The fraction of sp³-hybridized carbons (Fsp3) is 0.278. The molecule has 2 aromatic rings. The van der Waals surface area contributed by atoms with Crippen molar-refractivity contribution >= 4 is 6.03 Å². The second kappa shape index (κ2) is 8.72. The first-order chi connectivity index (χ1) is 10.8. The normalized spacial score (nSPS) is 10.0. The molecule has 2 aromatic carbocycles. The maximum absolute atomic E-state index is 11.6. The third-order valence-electron chi connectivity index (χ3n) is 3.28. The van der Waals surface area contributed by atoms with Crippen molar-refractivity contribution in [2.45, 2.75) is 13.3 Å². The third-order valence-corrected chi connectivity index (χ3v) is 3.28. The van der Waals surface area contributed by atoms with Crippen molar-refractivity contribution < 1.29 is 9.53 Å². The highest BCUT2D eigenvalue weighted by Crippen LogP contribution is 2.15. The molecule has 0 radical (unpaired) electrons. The number of ether oxygens (including phenoxy) is 1. The number of carbonyl (C=O) groups is 1. The number of amides is 2. The molecule has 2 amide bonds. The smallest absolute Gasteiger partial charge is 0.314 e. The van der Waals surface area contributed by atoms with Crippen molar-refractivity contribution in [3.8, 4) is 5.75 Å². The van der Waals surface area contributed by atoms with Crippen LogP contribution in [0, 0.1) is 6.92 Å². The van der Waals surface area contributed by atoms with Crippen molar-refractivity contribution in [1.82, 2.24) is 10.6 Å². The van der Waals surface area contributed by atoms with Crippen molar-refractivity contribution in [2.24, 2.45) is 0 Å². The van der Waals surface area contributed by atoms with Gasteiger partial charge in [0.2, 0.25) is 0 Å². The molecule has 2 rings (SSSR count). The Labute approximate surface area is 131 Å². The van der Waals surface area contributed by atoms with Crippen LogP contribution in [0.2, 0.25) is 0 Å². The Morgan fingerprint density at radius 2 is 1.64 bits per heavy atom. The molecule has 22 heavy (non-hydrogen) atoms. The largest absolute Gasteiger partial charge is 0.491 e. The van der Waals surface area contributed by atoms with E-state index in [2.05, 4.69) is 22.8 Å². The summed E-state index contributed by atoms with van der Waals surface area (Å²) in [5, 5.41) is 5.62. The van der Waals surface area contributed by atoms with Gasteiger partial charge in [0.15, 0.2) is 0 Å². The number of benzene rings is 2. The van der Waals surface area contributed by atoms with E-state index in [-0.39, 0.29) is 6.03 Å². The first-order valence-corrected chi connectivity index (χ1v) is 7.50.